The van der Waals surface area contributed by atoms with Crippen LogP contribution in [-0.2, 0) is 17.9 Å². The van der Waals surface area contributed by atoms with Crippen LogP contribution in [-0.4, -0.2) is 57.3 Å². The number of halogens is 1. The zero-order chi connectivity index (χ0) is 22.7. The summed E-state index contributed by atoms with van der Waals surface area (Å²) in [6.45, 7) is 8.84. The average molecular weight is 498 g/mol. The maximum absolute atomic E-state index is 12.6. The molecule has 1 aliphatic rings. The van der Waals surface area contributed by atoms with Gasteiger partial charge in [-0.05, 0) is 43.3 Å². The quantitative estimate of drug-likeness (QED) is 0.555. The number of benzene rings is 2. The Bertz CT molecular complexity index is 1130. The van der Waals surface area contributed by atoms with E-state index in [1.165, 1.54) is 0 Å². The van der Waals surface area contributed by atoms with E-state index in [2.05, 4.69) is 37.6 Å². The fourth-order valence-electron chi connectivity index (χ4n) is 4.14. The average Bonchev–Trinajstić information content (AvgIpc) is 3.15. The SMILES string of the molecule is CCC(=O)N1CCN(Cc2nc3cc(NC(=O)c4cccc(Br)c4)ccc3n2CC)CC1. The molecule has 168 valence electrons. The molecule has 0 radical (unpaired) electrons. The first-order chi connectivity index (χ1) is 15.5. The van der Waals surface area contributed by atoms with Gasteiger partial charge in [-0.3, -0.25) is 14.5 Å². The van der Waals surface area contributed by atoms with Crippen molar-refractivity contribution in [3.8, 4) is 0 Å². The molecule has 1 aromatic heterocycles. The highest BCUT2D eigenvalue weighted by molar-refractivity contribution is 9.10. The van der Waals surface area contributed by atoms with E-state index < -0.39 is 0 Å². The van der Waals surface area contributed by atoms with Crippen LogP contribution >= 0.6 is 15.9 Å². The fourth-order valence-corrected chi connectivity index (χ4v) is 4.54. The van der Waals surface area contributed by atoms with Crippen molar-refractivity contribution in [1.29, 1.82) is 0 Å². The summed E-state index contributed by atoms with van der Waals surface area (Å²) in [5, 5.41) is 2.97. The lowest BCUT2D eigenvalue weighted by molar-refractivity contribution is -0.132. The molecule has 32 heavy (non-hydrogen) atoms. The van der Waals surface area contributed by atoms with Gasteiger partial charge >= 0.3 is 0 Å². The Balaban J connectivity index is 1.49. The summed E-state index contributed by atoms with van der Waals surface area (Å²) in [5.41, 5.74) is 3.25. The highest BCUT2D eigenvalue weighted by Crippen LogP contribution is 2.23. The molecule has 0 saturated carbocycles. The number of anilines is 1. The van der Waals surface area contributed by atoms with Gasteiger partial charge in [-0.25, -0.2) is 4.98 Å². The van der Waals surface area contributed by atoms with Crippen molar-refractivity contribution >= 4 is 44.5 Å². The van der Waals surface area contributed by atoms with E-state index in [0.29, 0.717) is 12.0 Å². The number of nitrogens with one attached hydrogen (secondary N) is 1. The van der Waals surface area contributed by atoms with Gasteiger partial charge in [0.2, 0.25) is 5.91 Å². The van der Waals surface area contributed by atoms with Crippen LogP contribution in [0.4, 0.5) is 5.69 Å². The Morgan fingerprint density at radius 1 is 1.06 bits per heavy atom. The van der Waals surface area contributed by atoms with Gasteiger partial charge in [0.15, 0.2) is 0 Å². The molecule has 0 aliphatic carbocycles. The minimum Gasteiger partial charge on any atom is -0.340 e. The van der Waals surface area contributed by atoms with Gasteiger partial charge in [0, 0.05) is 54.9 Å². The Kier molecular flexibility index (Phi) is 6.91. The molecule has 3 aromatic rings. The molecule has 0 atom stereocenters. The molecule has 2 aromatic carbocycles. The Morgan fingerprint density at radius 3 is 2.53 bits per heavy atom. The molecule has 1 aliphatic heterocycles. The fraction of sp³-hybridized carbons (Fsp3) is 0.375. The number of nitrogens with zero attached hydrogens (tertiary/aromatic N) is 4. The van der Waals surface area contributed by atoms with E-state index in [1.807, 2.05) is 42.2 Å². The van der Waals surface area contributed by atoms with Gasteiger partial charge in [-0.2, -0.15) is 0 Å². The molecular formula is C24H28BrN5O2. The third-order valence-corrected chi connectivity index (χ3v) is 6.37. The zero-order valence-corrected chi connectivity index (χ0v) is 20.1. The summed E-state index contributed by atoms with van der Waals surface area (Å²) < 4.78 is 3.09. The molecule has 1 N–H and O–H groups in total. The number of aryl methyl sites for hydroxylation is 1. The van der Waals surface area contributed by atoms with Crippen molar-refractivity contribution in [2.75, 3.05) is 31.5 Å². The predicted octanol–water partition coefficient (Wildman–Crippen LogP) is 4.13. The van der Waals surface area contributed by atoms with Crippen LogP contribution in [0.25, 0.3) is 11.0 Å². The smallest absolute Gasteiger partial charge is 0.255 e. The van der Waals surface area contributed by atoms with E-state index in [9.17, 15) is 9.59 Å². The van der Waals surface area contributed by atoms with Crippen molar-refractivity contribution in [3.63, 3.8) is 0 Å². The minimum atomic E-state index is -0.153. The molecular weight excluding hydrogens is 470 g/mol. The molecule has 2 amide bonds. The predicted molar refractivity (Wildman–Crippen MR) is 130 cm³/mol. The third-order valence-electron chi connectivity index (χ3n) is 5.88. The summed E-state index contributed by atoms with van der Waals surface area (Å²) in [7, 11) is 0. The van der Waals surface area contributed by atoms with Crippen LogP contribution in [0.1, 0.15) is 36.5 Å². The summed E-state index contributed by atoms with van der Waals surface area (Å²) in [4.78, 5) is 33.7. The second kappa shape index (κ2) is 9.83. The topological polar surface area (TPSA) is 70.5 Å². The van der Waals surface area contributed by atoms with Crippen LogP contribution in [0, 0.1) is 0 Å². The van der Waals surface area contributed by atoms with Crippen molar-refractivity contribution in [1.82, 2.24) is 19.4 Å². The molecule has 8 heteroatoms. The monoisotopic (exact) mass is 497 g/mol. The number of aromatic nitrogens is 2. The molecule has 4 rings (SSSR count). The lowest BCUT2D eigenvalue weighted by atomic mass is 10.2. The number of carbonyl (C=O) groups is 2. The second-order valence-electron chi connectivity index (χ2n) is 7.95. The van der Waals surface area contributed by atoms with Gasteiger partial charge in [0.25, 0.3) is 5.91 Å². The normalized spacial score (nSPS) is 14.7. The Labute approximate surface area is 196 Å². The van der Waals surface area contributed by atoms with Crippen molar-refractivity contribution in [3.05, 3.63) is 58.3 Å². The molecule has 0 spiro atoms. The maximum atomic E-state index is 12.6. The van der Waals surface area contributed by atoms with Gasteiger partial charge in [0.1, 0.15) is 5.82 Å². The second-order valence-corrected chi connectivity index (χ2v) is 8.87. The third kappa shape index (κ3) is 4.86. The Hall–Kier alpha value is -2.71. The van der Waals surface area contributed by atoms with E-state index in [0.717, 1.165) is 66.3 Å². The molecule has 1 fully saturated rings. The first-order valence-electron chi connectivity index (χ1n) is 11.0. The van der Waals surface area contributed by atoms with Crippen LogP contribution in [0.15, 0.2) is 46.9 Å². The number of imidazole rings is 1. The van der Waals surface area contributed by atoms with Crippen LogP contribution < -0.4 is 5.32 Å². The standard InChI is InChI=1S/C24H28BrN5O2/c1-3-23(31)29-12-10-28(11-13-29)16-22-27-20-15-19(8-9-21(20)30(22)4-2)26-24(32)17-6-5-7-18(25)14-17/h5-9,14-15H,3-4,10-13,16H2,1-2H3,(H,26,32). The van der Waals surface area contributed by atoms with Crippen molar-refractivity contribution in [2.24, 2.45) is 0 Å². The summed E-state index contributed by atoms with van der Waals surface area (Å²) in [5.74, 6) is 1.08. The van der Waals surface area contributed by atoms with Crippen molar-refractivity contribution in [2.45, 2.75) is 33.4 Å². The summed E-state index contributed by atoms with van der Waals surface area (Å²) in [6.07, 6.45) is 0.562. The number of carbonyl (C=O) groups excluding carboxylic acids is 2. The zero-order valence-electron chi connectivity index (χ0n) is 18.5. The Morgan fingerprint density at radius 2 is 1.84 bits per heavy atom. The number of hydrogen-bond donors (Lipinski definition) is 1. The van der Waals surface area contributed by atoms with Crippen LogP contribution in [0.3, 0.4) is 0 Å². The lowest BCUT2D eigenvalue weighted by Crippen LogP contribution is -2.48. The maximum Gasteiger partial charge on any atom is 0.255 e. The van der Waals surface area contributed by atoms with E-state index in [-0.39, 0.29) is 11.8 Å². The molecule has 0 unspecified atom stereocenters. The van der Waals surface area contributed by atoms with Crippen LogP contribution in [0.5, 0.6) is 0 Å². The highest BCUT2D eigenvalue weighted by atomic mass is 79.9. The van der Waals surface area contributed by atoms with E-state index in [4.69, 9.17) is 4.98 Å². The number of hydrogen-bond acceptors (Lipinski definition) is 4. The number of fused-ring (bicyclic) bond motifs is 1. The van der Waals surface area contributed by atoms with E-state index >= 15 is 0 Å². The molecule has 1 saturated heterocycles. The number of amides is 2. The first kappa shape index (κ1) is 22.5. The van der Waals surface area contributed by atoms with Gasteiger partial charge in [-0.1, -0.05) is 28.9 Å². The molecule has 0 bridgehead atoms. The number of piperazine rings is 1. The molecule has 2 heterocycles. The van der Waals surface area contributed by atoms with Gasteiger partial charge in [0.05, 0.1) is 17.6 Å². The first-order valence-corrected chi connectivity index (χ1v) is 11.8. The van der Waals surface area contributed by atoms with Crippen LogP contribution in [0.2, 0.25) is 0 Å². The summed E-state index contributed by atoms with van der Waals surface area (Å²) in [6, 6.07) is 13.2. The van der Waals surface area contributed by atoms with E-state index in [1.54, 1.807) is 12.1 Å². The summed E-state index contributed by atoms with van der Waals surface area (Å²) >= 11 is 3.41. The van der Waals surface area contributed by atoms with Crippen molar-refractivity contribution < 1.29 is 9.59 Å². The van der Waals surface area contributed by atoms with Gasteiger partial charge in [-0.15, -0.1) is 0 Å². The largest absolute Gasteiger partial charge is 0.340 e. The lowest BCUT2D eigenvalue weighted by Gasteiger charge is -2.34. The van der Waals surface area contributed by atoms with Gasteiger partial charge < -0.3 is 14.8 Å². The minimum absolute atomic E-state index is 0.153. The number of rotatable bonds is 6. The molecule has 7 nitrogen and oxygen atoms in total. The highest BCUT2D eigenvalue weighted by Gasteiger charge is 2.22.